The molecule has 0 aliphatic carbocycles. The van der Waals surface area contributed by atoms with Gasteiger partial charge in [-0.1, -0.05) is 13.3 Å². The summed E-state index contributed by atoms with van der Waals surface area (Å²) in [7, 11) is 5.21. The molecule has 4 rings (SSSR count). The molecule has 0 aliphatic rings. The van der Waals surface area contributed by atoms with Crippen molar-refractivity contribution in [3.8, 4) is 0 Å². The first-order valence-corrected chi connectivity index (χ1v) is 10.8. The second kappa shape index (κ2) is 13.7. The van der Waals surface area contributed by atoms with E-state index in [0.717, 1.165) is 6.61 Å². The van der Waals surface area contributed by atoms with Gasteiger partial charge >= 0.3 is 0 Å². The van der Waals surface area contributed by atoms with Gasteiger partial charge in [-0.3, -0.25) is 0 Å². The Labute approximate surface area is 196 Å². The van der Waals surface area contributed by atoms with Crippen LogP contribution in [0.25, 0.3) is 22.2 Å². The summed E-state index contributed by atoms with van der Waals surface area (Å²) in [6.45, 7) is 4.32. The van der Waals surface area contributed by atoms with Gasteiger partial charge in [-0.15, -0.1) is 0 Å². The molecule has 0 atom stereocenters. The molecule has 0 radical (unpaired) electrons. The highest BCUT2D eigenvalue weighted by Crippen LogP contribution is 2.21. The molecular weight excluding hydrogens is 452 g/mol. The zero-order valence-corrected chi connectivity index (χ0v) is 20.0. The third-order valence-corrected chi connectivity index (χ3v) is 4.56. The lowest BCUT2D eigenvalue weighted by Gasteiger charge is -2.12. The molecule has 2 aromatic heterocycles. The normalized spacial score (nSPS) is 10.5. The minimum absolute atomic E-state index is 0.269. The van der Waals surface area contributed by atoms with Crippen molar-refractivity contribution in [1.29, 1.82) is 0 Å². The fourth-order valence-corrected chi connectivity index (χ4v) is 2.79. The number of H-pyrrole nitrogens is 1. The van der Waals surface area contributed by atoms with Crippen molar-refractivity contribution >= 4 is 40.4 Å². The average molecular weight is 482 g/mol. The molecule has 0 spiro atoms. The average Bonchev–Trinajstić information content (AvgIpc) is 3.38. The Bertz CT molecular complexity index is 1170. The highest BCUT2D eigenvalue weighted by molar-refractivity contribution is 7.71. The first-order valence-electron chi connectivity index (χ1n) is 10.4. The van der Waals surface area contributed by atoms with E-state index < -0.39 is 0 Å². The second-order valence-corrected chi connectivity index (χ2v) is 7.39. The van der Waals surface area contributed by atoms with Crippen LogP contribution in [0.2, 0.25) is 0 Å². The number of rotatable bonds is 7. The number of nitrogens with zero attached hydrogens (tertiary/aromatic N) is 2. The van der Waals surface area contributed by atoms with Gasteiger partial charge in [-0.2, -0.15) is 4.98 Å². The predicted octanol–water partition coefficient (Wildman–Crippen LogP) is 6.11. The standard InChI is InChI=1S/C11H13FN2O2.C7H4FNOS.C5H12O/c1-14(5-6-15-2)11-13-9-7-8(12)3-4-10(9)16-11;8-4-1-2-6-5(3-4)9-7(11)10-6;1-3-4-5-6-2/h3-4,7H,5-6H2,1-2H3;1-3H,(H,9,11);3-5H2,1-2H3. The molecule has 0 fully saturated rings. The monoisotopic (exact) mass is 481 g/mol. The minimum atomic E-state index is -0.313. The number of likely N-dealkylation sites (N-methyl/N-ethyl adjacent to an activating group) is 1. The molecule has 7 nitrogen and oxygen atoms in total. The number of hydrogen-bond acceptors (Lipinski definition) is 7. The van der Waals surface area contributed by atoms with Crippen LogP contribution in [-0.4, -0.2) is 51.0 Å². The number of hydrogen-bond donors (Lipinski definition) is 1. The summed E-state index contributed by atoms with van der Waals surface area (Å²) in [6.07, 6.45) is 2.42. The van der Waals surface area contributed by atoms with Crippen molar-refractivity contribution in [3.63, 3.8) is 0 Å². The molecule has 4 aromatic rings. The lowest BCUT2D eigenvalue weighted by Crippen LogP contribution is -2.22. The number of benzene rings is 2. The first kappa shape index (κ1) is 26.4. The summed E-state index contributed by atoms with van der Waals surface area (Å²) in [5, 5.41) is 0. The van der Waals surface area contributed by atoms with E-state index in [1.165, 1.54) is 43.2 Å². The Kier molecular flexibility index (Phi) is 10.9. The van der Waals surface area contributed by atoms with Crippen LogP contribution in [0.5, 0.6) is 0 Å². The lowest BCUT2D eigenvalue weighted by molar-refractivity contribution is 0.194. The van der Waals surface area contributed by atoms with Crippen molar-refractivity contribution < 1.29 is 27.1 Å². The number of methoxy groups -OCH3 is 2. The predicted molar refractivity (Wildman–Crippen MR) is 127 cm³/mol. The lowest BCUT2D eigenvalue weighted by atomic mass is 10.3. The van der Waals surface area contributed by atoms with Crippen molar-refractivity contribution in [1.82, 2.24) is 9.97 Å². The fourth-order valence-electron chi connectivity index (χ4n) is 2.59. The van der Waals surface area contributed by atoms with Crippen LogP contribution in [-0.2, 0) is 9.47 Å². The number of aromatic amines is 1. The summed E-state index contributed by atoms with van der Waals surface area (Å²) in [5.41, 5.74) is 2.28. The number of anilines is 1. The maximum Gasteiger partial charge on any atom is 0.298 e. The molecule has 0 aliphatic heterocycles. The largest absolute Gasteiger partial charge is 0.429 e. The van der Waals surface area contributed by atoms with Crippen LogP contribution in [0, 0.1) is 16.5 Å². The van der Waals surface area contributed by atoms with E-state index in [4.69, 9.17) is 30.5 Å². The summed E-state index contributed by atoms with van der Waals surface area (Å²) < 4.78 is 45.7. The van der Waals surface area contributed by atoms with Crippen molar-refractivity contribution in [3.05, 3.63) is 52.9 Å². The second-order valence-electron chi connectivity index (χ2n) is 7.02. The van der Waals surface area contributed by atoms with Gasteiger partial charge in [-0.25, -0.2) is 8.78 Å². The van der Waals surface area contributed by atoms with Crippen molar-refractivity contribution in [2.45, 2.75) is 19.8 Å². The van der Waals surface area contributed by atoms with E-state index in [1.807, 2.05) is 11.9 Å². The van der Waals surface area contributed by atoms with Gasteiger partial charge in [0.25, 0.3) is 10.9 Å². The maximum atomic E-state index is 12.9. The van der Waals surface area contributed by atoms with Gasteiger partial charge < -0.3 is 28.2 Å². The van der Waals surface area contributed by atoms with Crippen LogP contribution < -0.4 is 4.90 Å². The van der Waals surface area contributed by atoms with Gasteiger partial charge in [0.15, 0.2) is 11.2 Å². The molecule has 0 amide bonds. The number of unbranched alkanes of at least 4 members (excludes halogenated alkanes) is 1. The number of nitrogens with one attached hydrogen (secondary N) is 1. The fraction of sp³-hybridized carbons (Fsp3) is 0.391. The van der Waals surface area contributed by atoms with Crippen molar-refractivity contribution in [2.24, 2.45) is 0 Å². The molecule has 10 heteroatoms. The first-order chi connectivity index (χ1) is 15.9. The third-order valence-electron chi connectivity index (χ3n) is 4.38. The zero-order valence-electron chi connectivity index (χ0n) is 19.2. The van der Waals surface area contributed by atoms with Gasteiger partial charge in [0.2, 0.25) is 0 Å². The van der Waals surface area contributed by atoms with E-state index >= 15 is 0 Å². The highest BCUT2D eigenvalue weighted by atomic mass is 32.1. The third kappa shape index (κ3) is 8.56. The van der Waals surface area contributed by atoms with Crippen LogP contribution in [0.1, 0.15) is 19.8 Å². The molecule has 1 N–H and O–H groups in total. The Balaban J connectivity index is 0.000000196. The zero-order chi connectivity index (χ0) is 24.2. The topological polar surface area (TPSA) is 76.7 Å². The van der Waals surface area contributed by atoms with E-state index in [2.05, 4.69) is 16.9 Å². The molecular formula is C23H29F2N3O4S. The highest BCUT2D eigenvalue weighted by Gasteiger charge is 2.10. The Hall–Kier alpha value is -2.82. The van der Waals surface area contributed by atoms with Crippen molar-refractivity contribution in [2.75, 3.05) is 45.9 Å². The Morgan fingerprint density at radius 3 is 2.30 bits per heavy atom. The quantitative estimate of drug-likeness (QED) is 0.252. The van der Waals surface area contributed by atoms with Gasteiger partial charge in [-0.05, 0) is 42.9 Å². The molecule has 180 valence electrons. The SMILES string of the molecule is CCCCOC.COCCN(C)c1nc2cc(F)ccc2o1.Fc1ccc2oc(=S)[nH]c2c1. The smallest absolute Gasteiger partial charge is 0.298 e. The minimum Gasteiger partial charge on any atom is -0.429 e. The van der Waals surface area contributed by atoms with Crippen LogP contribution in [0.4, 0.5) is 14.8 Å². The molecule has 2 heterocycles. The number of oxazole rings is 2. The molecule has 33 heavy (non-hydrogen) atoms. The van der Waals surface area contributed by atoms with E-state index in [-0.39, 0.29) is 16.5 Å². The Morgan fingerprint density at radius 1 is 1.00 bits per heavy atom. The maximum absolute atomic E-state index is 12.9. The molecule has 2 aromatic carbocycles. The van der Waals surface area contributed by atoms with Gasteiger partial charge in [0.05, 0.1) is 12.1 Å². The van der Waals surface area contributed by atoms with Gasteiger partial charge in [0, 0.05) is 46.6 Å². The van der Waals surface area contributed by atoms with E-state index in [9.17, 15) is 8.78 Å². The molecule has 0 saturated carbocycles. The molecule has 0 unspecified atom stereocenters. The Morgan fingerprint density at radius 2 is 1.67 bits per heavy atom. The molecule has 0 bridgehead atoms. The number of aromatic nitrogens is 2. The van der Waals surface area contributed by atoms with E-state index in [0.29, 0.717) is 41.4 Å². The summed E-state index contributed by atoms with van der Waals surface area (Å²) >= 11 is 4.71. The summed E-state index contributed by atoms with van der Waals surface area (Å²) in [4.78, 5) is 8.99. The van der Waals surface area contributed by atoms with Crippen LogP contribution in [0.3, 0.4) is 0 Å². The number of ether oxygens (including phenoxy) is 2. The van der Waals surface area contributed by atoms with Crippen LogP contribution >= 0.6 is 12.2 Å². The van der Waals surface area contributed by atoms with Gasteiger partial charge in [0.1, 0.15) is 17.2 Å². The number of fused-ring (bicyclic) bond motifs is 2. The number of halogens is 2. The molecule has 0 saturated heterocycles. The summed E-state index contributed by atoms with van der Waals surface area (Å²) in [6, 6.07) is 8.96. The van der Waals surface area contributed by atoms with Crippen LogP contribution in [0.15, 0.2) is 45.2 Å². The van der Waals surface area contributed by atoms with E-state index in [1.54, 1.807) is 20.3 Å². The summed E-state index contributed by atoms with van der Waals surface area (Å²) in [5.74, 6) is -0.614.